The van der Waals surface area contributed by atoms with E-state index in [1.54, 1.807) is 5.19 Å². The quantitative estimate of drug-likeness (QED) is 0.580. The molecular formula is C15H14Cl2SiTi-6. The first kappa shape index (κ1) is 15.6. The molecule has 19 heavy (non-hydrogen) atoms. The monoisotopic (exact) mass is 340 g/mol. The van der Waals surface area contributed by atoms with Crippen molar-refractivity contribution >= 4 is 37.1 Å². The fourth-order valence-electron chi connectivity index (χ4n) is 2.99. The Labute approximate surface area is 133 Å². The van der Waals surface area contributed by atoms with Gasteiger partial charge < -0.3 is 29.5 Å². The summed E-state index contributed by atoms with van der Waals surface area (Å²) in [6, 6.07) is 24.0. The van der Waals surface area contributed by atoms with Crippen LogP contribution >= 0.6 is 18.6 Å². The molecule has 1 heterocycles. The van der Waals surface area contributed by atoms with Crippen LogP contribution in [-0.4, -0.2) is 8.07 Å². The Morgan fingerprint density at radius 2 is 1.47 bits per heavy atom. The van der Waals surface area contributed by atoms with Gasteiger partial charge in [0.15, 0.2) is 0 Å². The Hall–Kier alpha value is 0.211. The zero-order chi connectivity index (χ0) is 13.6. The maximum atomic E-state index is 4.89. The zero-order valence-corrected chi connectivity index (χ0v) is 14.7. The van der Waals surface area contributed by atoms with E-state index in [2.05, 4.69) is 48.5 Å². The van der Waals surface area contributed by atoms with E-state index in [0.29, 0.717) is 0 Å². The predicted molar refractivity (Wildman–Crippen MR) is 79.6 cm³/mol. The summed E-state index contributed by atoms with van der Waals surface area (Å²) in [5.41, 5.74) is 0. The molecule has 3 rings (SSSR count). The van der Waals surface area contributed by atoms with Crippen molar-refractivity contribution in [3.8, 4) is 0 Å². The molecule has 0 N–H and O–H groups in total. The normalized spacial score (nSPS) is 17.4. The van der Waals surface area contributed by atoms with Crippen molar-refractivity contribution in [2.24, 2.45) is 0 Å². The molecule has 1 saturated heterocycles. The number of halogens is 2. The number of hydrogen-bond acceptors (Lipinski definition) is 0. The first-order valence-electron chi connectivity index (χ1n) is 6.41. The van der Waals surface area contributed by atoms with Crippen molar-refractivity contribution in [3.05, 3.63) is 48.5 Å². The smallest absolute Gasteiger partial charge is 0.0541 e. The molecule has 0 aliphatic carbocycles. The Morgan fingerprint density at radius 1 is 0.947 bits per heavy atom. The van der Waals surface area contributed by atoms with E-state index in [9.17, 15) is 0 Å². The van der Waals surface area contributed by atoms with Crippen molar-refractivity contribution in [2.45, 2.75) is 31.4 Å². The standard InChI is InChI=1S/C15H14Si.2ClH.Ti/c1-6-12-16(13-7-1,14-8-2-3-9-14)15-10-4-5-11-15;;;/h2-3,8-9H,1,6-7,12-13H2;2*1H;/q-6;;;+2/p-2. The number of hydrogen-bond donors (Lipinski definition) is 0. The van der Waals surface area contributed by atoms with E-state index in [0.717, 1.165) is 0 Å². The van der Waals surface area contributed by atoms with Crippen LogP contribution in [0, 0.1) is 24.3 Å². The van der Waals surface area contributed by atoms with Crippen molar-refractivity contribution in [1.82, 2.24) is 0 Å². The maximum absolute atomic E-state index is 4.89. The second kappa shape index (κ2) is 7.85. The van der Waals surface area contributed by atoms with Gasteiger partial charge in [0.2, 0.25) is 0 Å². The summed E-state index contributed by atoms with van der Waals surface area (Å²) in [4.78, 5) is 0. The van der Waals surface area contributed by atoms with Crippen molar-refractivity contribution in [1.29, 1.82) is 0 Å². The molecule has 1 aliphatic heterocycles. The van der Waals surface area contributed by atoms with Crippen molar-refractivity contribution in [3.63, 3.8) is 0 Å². The summed E-state index contributed by atoms with van der Waals surface area (Å²) < 4.78 is 0. The van der Waals surface area contributed by atoms with Crippen LogP contribution in [0.4, 0.5) is 0 Å². The minimum atomic E-state index is -1.50. The molecule has 0 aromatic heterocycles. The SMILES string of the molecule is [Cl][Ti][Cl].[c-]1[c-][c-][c-]([Si]2([c-]3cccc3)CCCCC2)[c-]1. The van der Waals surface area contributed by atoms with Crippen LogP contribution in [0.5, 0.6) is 0 Å². The van der Waals surface area contributed by atoms with E-state index in [4.69, 9.17) is 18.6 Å². The van der Waals surface area contributed by atoms with E-state index >= 15 is 0 Å². The fourth-order valence-corrected chi connectivity index (χ4v) is 7.75. The maximum Gasteiger partial charge on any atom is -0.0541 e. The van der Waals surface area contributed by atoms with Gasteiger partial charge in [-0.05, 0) is 0 Å². The van der Waals surface area contributed by atoms with Crippen LogP contribution in [0.15, 0.2) is 24.3 Å². The largest absolute Gasteiger partial charge is 0.999 e. The fraction of sp³-hybridized carbons (Fsp3) is 0.333. The second-order valence-electron chi connectivity index (χ2n) is 4.76. The third kappa shape index (κ3) is 3.65. The molecule has 0 nitrogen and oxygen atoms in total. The molecule has 1 aliphatic rings. The van der Waals surface area contributed by atoms with Gasteiger partial charge in [0, 0.05) is 0 Å². The van der Waals surface area contributed by atoms with Crippen LogP contribution in [0.2, 0.25) is 12.1 Å². The van der Waals surface area contributed by atoms with Crippen LogP contribution in [0.1, 0.15) is 19.3 Å². The predicted octanol–water partition coefficient (Wildman–Crippen LogP) is 3.45. The summed E-state index contributed by atoms with van der Waals surface area (Å²) in [5.74, 6) is 0. The first-order valence-corrected chi connectivity index (χ1v) is 13.1. The summed E-state index contributed by atoms with van der Waals surface area (Å²) in [5, 5.41) is 2.87. The van der Waals surface area contributed by atoms with Crippen LogP contribution in [0.3, 0.4) is 0 Å². The van der Waals surface area contributed by atoms with E-state index in [-0.39, 0.29) is 0 Å². The van der Waals surface area contributed by atoms with Gasteiger partial charge in [-0.15, -0.1) is 0 Å². The van der Waals surface area contributed by atoms with Crippen LogP contribution in [-0.2, 0) is 17.0 Å². The molecule has 0 saturated carbocycles. The first-order chi connectivity index (χ1) is 9.33. The van der Waals surface area contributed by atoms with Crippen molar-refractivity contribution in [2.75, 3.05) is 0 Å². The molecule has 0 unspecified atom stereocenters. The second-order valence-corrected chi connectivity index (χ2v) is 11.6. The molecule has 0 radical (unpaired) electrons. The van der Waals surface area contributed by atoms with Crippen molar-refractivity contribution < 1.29 is 17.0 Å². The molecule has 102 valence electrons. The van der Waals surface area contributed by atoms with Gasteiger partial charge in [-0.25, -0.2) is 12.1 Å². The number of rotatable bonds is 2. The van der Waals surface area contributed by atoms with E-state index in [1.807, 2.05) is 0 Å². The Kier molecular flexibility index (Phi) is 6.45. The van der Waals surface area contributed by atoms with E-state index in [1.165, 1.54) is 36.5 Å². The Balaban J connectivity index is 0.000000408. The molecule has 1 fully saturated rings. The molecule has 0 bridgehead atoms. The van der Waals surface area contributed by atoms with Gasteiger partial charge in [-0.2, -0.15) is 25.4 Å². The minimum absolute atomic E-state index is 0.556. The van der Waals surface area contributed by atoms with Gasteiger partial charge in [0.1, 0.15) is 0 Å². The van der Waals surface area contributed by atoms with Gasteiger partial charge in [0.25, 0.3) is 0 Å². The summed E-state index contributed by atoms with van der Waals surface area (Å²) in [6.45, 7) is 0. The molecule has 0 spiro atoms. The van der Waals surface area contributed by atoms with Gasteiger partial charge in [-0.3, -0.25) is 0 Å². The van der Waals surface area contributed by atoms with Crippen LogP contribution in [0.25, 0.3) is 0 Å². The third-order valence-electron chi connectivity index (χ3n) is 3.84. The zero-order valence-electron chi connectivity index (χ0n) is 10.6. The minimum Gasteiger partial charge on any atom is -0.999 e. The Morgan fingerprint density at radius 3 is 2.00 bits per heavy atom. The average molecular weight is 341 g/mol. The molecule has 0 atom stereocenters. The molecule has 0 amide bonds. The van der Waals surface area contributed by atoms with E-state index < -0.39 is 25.1 Å². The van der Waals surface area contributed by atoms with Crippen LogP contribution < -0.4 is 10.4 Å². The molecule has 2 aromatic rings. The van der Waals surface area contributed by atoms with Gasteiger partial charge >= 0.3 is 35.6 Å². The molecular weight excluding hydrogens is 327 g/mol. The molecule has 4 heteroatoms. The third-order valence-corrected chi connectivity index (χ3v) is 8.90. The van der Waals surface area contributed by atoms with Gasteiger partial charge in [-0.1, -0.05) is 31.4 Å². The summed E-state index contributed by atoms with van der Waals surface area (Å²) >= 11 is -0.556. The average Bonchev–Trinajstić information content (AvgIpc) is 3.14. The summed E-state index contributed by atoms with van der Waals surface area (Å²) in [6.07, 6.45) is 4.12. The molecule has 2 aromatic carbocycles. The topological polar surface area (TPSA) is 0 Å². The Bertz CT molecular complexity index is 408. The summed E-state index contributed by atoms with van der Waals surface area (Å²) in [7, 11) is 8.27. The van der Waals surface area contributed by atoms with Gasteiger partial charge in [0.05, 0.1) is 0 Å².